The van der Waals surface area contributed by atoms with Crippen molar-refractivity contribution in [1.29, 1.82) is 0 Å². The summed E-state index contributed by atoms with van der Waals surface area (Å²) in [6.07, 6.45) is -0.0667. The number of rotatable bonds is 3. The summed E-state index contributed by atoms with van der Waals surface area (Å²) in [5.74, 6) is 0.896. The first-order valence-corrected chi connectivity index (χ1v) is 10.4. The molecule has 3 aromatic carbocycles. The summed E-state index contributed by atoms with van der Waals surface area (Å²) < 4.78 is 3.16. The molecular formula is C20H14Br3N3. The van der Waals surface area contributed by atoms with E-state index in [9.17, 15) is 0 Å². The number of nitrogens with zero attached hydrogens (tertiary/aromatic N) is 2. The Kier molecular flexibility index (Phi) is 5.16. The fourth-order valence-electron chi connectivity index (χ4n) is 2.90. The first-order chi connectivity index (χ1) is 12.6. The van der Waals surface area contributed by atoms with Gasteiger partial charge in [-0.05, 0) is 54.1 Å². The van der Waals surface area contributed by atoms with Crippen molar-refractivity contribution >= 4 is 59.3 Å². The van der Waals surface area contributed by atoms with Crippen LogP contribution in [0.15, 0.2) is 91.3 Å². The number of benzene rings is 3. The maximum Gasteiger partial charge on any atom is 0.162 e. The lowest BCUT2D eigenvalue weighted by molar-refractivity contribution is 0.617. The van der Waals surface area contributed by atoms with Gasteiger partial charge in [0, 0.05) is 24.7 Å². The van der Waals surface area contributed by atoms with E-state index >= 15 is 0 Å². The Labute approximate surface area is 177 Å². The van der Waals surface area contributed by atoms with Gasteiger partial charge in [-0.2, -0.15) is 5.10 Å². The average Bonchev–Trinajstić information content (AvgIpc) is 3.08. The SMILES string of the molecule is Brc1ccc(C2=NNC(c3ccc(Br)cc3)N2c2ccc(Br)cc2)cc1. The highest BCUT2D eigenvalue weighted by atomic mass is 79.9. The van der Waals surface area contributed by atoms with Crippen molar-refractivity contribution in [2.24, 2.45) is 5.10 Å². The van der Waals surface area contributed by atoms with Crippen LogP contribution in [0.1, 0.15) is 17.3 Å². The van der Waals surface area contributed by atoms with Crippen molar-refractivity contribution in [1.82, 2.24) is 5.43 Å². The summed E-state index contributed by atoms with van der Waals surface area (Å²) in [4.78, 5) is 2.22. The Balaban J connectivity index is 1.77. The molecular weight excluding hydrogens is 522 g/mol. The Morgan fingerprint density at radius 2 is 1.19 bits per heavy atom. The third-order valence-corrected chi connectivity index (χ3v) is 5.76. The number of amidine groups is 1. The summed E-state index contributed by atoms with van der Waals surface area (Å²) in [6, 6.07) is 24.8. The van der Waals surface area contributed by atoms with Gasteiger partial charge in [-0.3, -0.25) is 10.3 Å². The van der Waals surface area contributed by atoms with Crippen LogP contribution in [0.4, 0.5) is 5.69 Å². The number of nitrogens with one attached hydrogen (secondary N) is 1. The highest BCUT2D eigenvalue weighted by Gasteiger charge is 2.31. The summed E-state index contributed by atoms with van der Waals surface area (Å²) >= 11 is 10.5. The van der Waals surface area contributed by atoms with Gasteiger partial charge in [0.1, 0.15) is 6.17 Å². The highest BCUT2D eigenvalue weighted by molar-refractivity contribution is 9.11. The number of hydrogen-bond acceptors (Lipinski definition) is 3. The largest absolute Gasteiger partial charge is 0.298 e. The zero-order valence-electron chi connectivity index (χ0n) is 13.5. The van der Waals surface area contributed by atoms with Gasteiger partial charge in [-0.1, -0.05) is 72.1 Å². The van der Waals surface area contributed by atoms with E-state index in [0.717, 1.165) is 36.1 Å². The monoisotopic (exact) mass is 533 g/mol. The van der Waals surface area contributed by atoms with Gasteiger partial charge in [-0.25, -0.2) is 0 Å². The fraction of sp³-hybridized carbons (Fsp3) is 0.0500. The van der Waals surface area contributed by atoms with Crippen LogP contribution < -0.4 is 10.3 Å². The lowest BCUT2D eigenvalue weighted by Crippen LogP contribution is -2.33. The van der Waals surface area contributed by atoms with E-state index in [4.69, 9.17) is 0 Å². The summed E-state index contributed by atoms with van der Waals surface area (Å²) in [5, 5.41) is 4.65. The molecule has 3 aromatic rings. The molecule has 6 heteroatoms. The lowest BCUT2D eigenvalue weighted by atomic mass is 10.1. The van der Waals surface area contributed by atoms with E-state index < -0.39 is 0 Å². The Bertz CT molecular complexity index is 936. The number of halogens is 3. The topological polar surface area (TPSA) is 27.6 Å². The normalized spacial score (nSPS) is 16.3. The van der Waals surface area contributed by atoms with Crippen LogP contribution in [0, 0.1) is 0 Å². The molecule has 130 valence electrons. The van der Waals surface area contributed by atoms with E-state index in [1.54, 1.807) is 0 Å². The Morgan fingerprint density at radius 3 is 1.77 bits per heavy atom. The predicted octanol–water partition coefficient (Wildman–Crippen LogP) is 6.44. The van der Waals surface area contributed by atoms with Gasteiger partial charge in [0.25, 0.3) is 0 Å². The zero-order chi connectivity index (χ0) is 18.1. The summed E-state index contributed by atoms with van der Waals surface area (Å²) in [7, 11) is 0. The highest BCUT2D eigenvalue weighted by Crippen LogP contribution is 2.33. The average molecular weight is 536 g/mol. The second kappa shape index (κ2) is 7.55. The van der Waals surface area contributed by atoms with Crippen molar-refractivity contribution in [3.63, 3.8) is 0 Å². The molecule has 0 aromatic heterocycles. The Morgan fingerprint density at radius 1 is 0.692 bits per heavy atom. The van der Waals surface area contributed by atoms with Crippen molar-refractivity contribution in [2.45, 2.75) is 6.17 Å². The van der Waals surface area contributed by atoms with E-state index in [1.165, 1.54) is 0 Å². The smallest absolute Gasteiger partial charge is 0.162 e. The molecule has 0 saturated carbocycles. The van der Waals surface area contributed by atoms with Crippen LogP contribution >= 0.6 is 47.8 Å². The van der Waals surface area contributed by atoms with E-state index in [1.807, 2.05) is 36.4 Å². The lowest BCUT2D eigenvalue weighted by Gasteiger charge is -2.28. The Hall–Kier alpha value is -1.63. The molecule has 1 aliphatic heterocycles. The summed E-state index contributed by atoms with van der Waals surface area (Å²) in [5.41, 5.74) is 6.57. The van der Waals surface area contributed by atoms with Crippen molar-refractivity contribution in [3.8, 4) is 0 Å². The molecule has 0 fully saturated rings. The molecule has 4 rings (SSSR count). The van der Waals surface area contributed by atoms with Gasteiger partial charge in [0.15, 0.2) is 5.84 Å². The van der Waals surface area contributed by atoms with Crippen LogP contribution in [-0.4, -0.2) is 5.84 Å². The van der Waals surface area contributed by atoms with Gasteiger partial charge in [0.05, 0.1) is 0 Å². The minimum Gasteiger partial charge on any atom is -0.298 e. The maximum absolute atomic E-state index is 4.65. The molecule has 1 unspecified atom stereocenters. The number of hydrogen-bond donors (Lipinski definition) is 1. The molecule has 26 heavy (non-hydrogen) atoms. The standard InChI is InChI=1S/C20H14Br3N3/c21-15-5-1-13(2-6-15)19-24-25-20(14-3-7-16(22)8-4-14)26(19)18-11-9-17(23)10-12-18/h1-12,19,24H. The first-order valence-electron chi connectivity index (χ1n) is 8.01. The van der Waals surface area contributed by atoms with Gasteiger partial charge < -0.3 is 0 Å². The molecule has 0 aliphatic carbocycles. The molecule has 0 bridgehead atoms. The van der Waals surface area contributed by atoms with E-state index in [0.29, 0.717) is 0 Å². The van der Waals surface area contributed by atoms with Gasteiger partial charge in [0.2, 0.25) is 0 Å². The number of anilines is 1. The third-order valence-electron chi connectivity index (χ3n) is 4.17. The molecule has 1 N–H and O–H groups in total. The van der Waals surface area contributed by atoms with Gasteiger partial charge >= 0.3 is 0 Å². The molecule has 0 radical (unpaired) electrons. The van der Waals surface area contributed by atoms with Crippen molar-refractivity contribution < 1.29 is 0 Å². The molecule has 0 amide bonds. The minimum absolute atomic E-state index is 0.0667. The molecule has 3 nitrogen and oxygen atoms in total. The van der Waals surface area contributed by atoms with Crippen LogP contribution in [0.5, 0.6) is 0 Å². The summed E-state index contributed by atoms with van der Waals surface area (Å²) in [6.45, 7) is 0. The van der Waals surface area contributed by atoms with E-state index in [2.05, 4.69) is 99.6 Å². The number of hydrazone groups is 1. The first kappa shape index (κ1) is 17.8. The predicted molar refractivity (Wildman–Crippen MR) is 117 cm³/mol. The van der Waals surface area contributed by atoms with Crippen molar-refractivity contribution in [2.75, 3.05) is 4.90 Å². The van der Waals surface area contributed by atoms with Crippen LogP contribution in [0.25, 0.3) is 0 Å². The van der Waals surface area contributed by atoms with E-state index in [-0.39, 0.29) is 6.17 Å². The molecule has 0 spiro atoms. The zero-order valence-corrected chi connectivity index (χ0v) is 18.3. The van der Waals surface area contributed by atoms with Crippen LogP contribution in [-0.2, 0) is 0 Å². The van der Waals surface area contributed by atoms with Crippen LogP contribution in [0.2, 0.25) is 0 Å². The van der Waals surface area contributed by atoms with Gasteiger partial charge in [-0.15, -0.1) is 0 Å². The fourth-order valence-corrected chi connectivity index (χ4v) is 3.69. The molecule has 1 heterocycles. The van der Waals surface area contributed by atoms with Crippen molar-refractivity contribution in [3.05, 3.63) is 97.3 Å². The minimum atomic E-state index is -0.0667. The second-order valence-electron chi connectivity index (χ2n) is 5.87. The quantitative estimate of drug-likeness (QED) is 0.418. The third kappa shape index (κ3) is 3.59. The maximum atomic E-state index is 4.65. The van der Waals surface area contributed by atoms with Crippen LogP contribution in [0.3, 0.4) is 0 Å². The molecule has 0 saturated heterocycles. The molecule has 1 atom stereocenters. The second-order valence-corrected chi connectivity index (χ2v) is 8.62. The molecule has 1 aliphatic rings.